The van der Waals surface area contributed by atoms with Crippen LogP contribution in [0.25, 0.3) is 22.3 Å². The number of pyridine rings is 1. The van der Waals surface area contributed by atoms with Crippen molar-refractivity contribution < 1.29 is 5.11 Å². The molecule has 1 saturated heterocycles. The lowest BCUT2D eigenvalue weighted by Gasteiger charge is -2.27. The third kappa shape index (κ3) is 3.18. The molecule has 0 spiro atoms. The van der Waals surface area contributed by atoms with E-state index in [9.17, 15) is 5.11 Å². The largest absolute Gasteiger partial charge is 0.507 e. The molecule has 0 radical (unpaired) electrons. The number of fused-ring (bicyclic) bond motifs is 1. The van der Waals surface area contributed by atoms with Crippen molar-refractivity contribution in [1.29, 1.82) is 0 Å². The van der Waals surface area contributed by atoms with Gasteiger partial charge in [-0.3, -0.25) is 4.98 Å². The van der Waals surface area contributed by atoms with Crippen molar-refractivity contribution in [2.24, 2.45) is 0 Å². The van der Waals surface area contributed by atoms with E-state index in [2.05, 4.69) is 47.1 Å². The highest BCUT2D eigenvalue weighted by molar-refractivity contribution is 5.92. The first-order valence-electron chi connectivity index (χ1n) is 9.94. The molecule has 5 heteroatoms. The Hall–Kier alpha value is -3.47. The summed E-state index contributed by atoms with van der Waals surface area (Å²) in [6, 6.07) is 18.0. The first kappa shape index (κ1) is 17.6. The Morgan fingerprint density at radius 2 is 1.83 bits per heavy atom. The minimum atomic E-state index is 0.192. The van der Waals surface area contributed by atoms with E-state index in [-0.39, 0.29) is 11.8 Å². The van der Waals surface area contributed by atoms with Crippen molar-refractivity contribution in [3.05, 3.63) is 78.1 Å². The molecule has 5 rings (SSSR count). The van der Waals surface area contributed by atoms with Crippen LogP contribution in [0.3, 0.4) is 0 Å². The zero-order valence-electron chi connectivity index (χ0n) is 16.3. The van der Waals surface area contributed by atoms with Gasteiger partial charge in [-0.1, -0.05) is 18.2 Å². The highest BCUT2D eigenvalue weighted by Crippen LogP contribution is 2.39. The van der Waals surface area contributed by atoms with Gasteiger partial charge in [0, 0.05) is 24.3 Å². The molecule has 0 bridgehead atoms. The molecule has 1 aliphatic rings. The molecule has 4 aromatic rings. The average Bonchev–Trinajstić information content (AvgIpc) is 3.23. The van der Waals surface area contributed by atoms with E-state index >= 15 is 0 Å². The van der Waals surface area contributed by atoms with Gasteiger partial charge in [-0.25, -0.2) is 9.97 Å². The van der Waals surface area contributed by atoms with Gasteiger partial charge in [0.1, 0.15) is 11.6 Å². The number of hydrogen-bond acceptors (Lipinski definition) is 5. The van der Waals surface area contributed by atoms with Crippen LogP contribution in [-0.2, 0) is 0 Å². The van der Waals surface area contributed by atoms with Crippen LogP contribution in [0, 0.1) is 6.92 Å². The molecule has 1 aliphatic heterocycles. The summed E-state index contributed by atoms with van der Waals surface area (Å²) < 4.78 is 0. The van der Waals surface area contributed by atoms with E-state index in [1.54, 1.807) is 6.07 Å². The van der Waals surface area contributed by atoms with Gasteiger partial charge < -0.3 is 10.0 Å². The van der Waals surface area contributed by atoms with Crippen LogP contribution >= 0.6 is 0 Å². The molecule has 1 N–H and O–H groups in total. The number of hydrogen-bond donors (Lipinski definition) is 1. The average molecular weight is 382 g/mol. The van der Waals surface area contributed by atoms with E-state index in [1.165, 1.54) is 5.56 Å². The Kier molecular flexibility index (Phi) is 4.35. The summed E-state index contributed by atoms with van der Waals surface area (Å²) in [5.41, 5.74) is 3.95. The fourth-order valence-corrected chi connectivity index (χ4v) is 4.18. The SMILES string of the molecule is Cc1ccc2c(N3CCCC3c3ccncc3)nc(-c3ccccc3O)nc2c1. The molecule has 144 valence electrons. The number of aromatic nitrogens is 3. The first-order chi connectivity index (χ1) is 14.2. The van der Waals surface area contributed by atoms with E-state index in [0.717, 1.165) is 41.7 Å². The van der Waals surface area contributed by atoms with Crippen molar-refractivity contribution >= 4 is 16.7 Å². The van der Waals surface area contributed by atoms with Gasteiger partial charge in [-0.2, -0.15) is 0 Å². The molecule has 1 atom stereocenters. The number of phenols is 1. The van der Waals surface area contributed by atoms with Crippen LogP contribution in [-0.4, -0.2) is 26.6 Å². The Bertz CT molecular complexity index is 1180. The normalized spacial score (nSPS) is 16.4. The summed E-state index contributed by atoms with van der Waals surface area (Å²) >= 11 is 0. The third-order valence-corrected chi connectivity index (χ3v) is 5.59. The maximum atomic E-state index is 10.4. The van der Waals surface area contributed by atoms with Crippen LogP contribution in [0.2, 0.25) is 0 Å². The van der Waals surface area contributed by atoms with Gasteiger partial charge in [0.2, 0.25) is 0 Å². The predicted molar refractivity (Wildman–Crippen MR) is 115 cm³/mol. The maximum absolute atomic E-state index is 10.4. The van der Waals surface area contributed by atoms with Crippen molar-refractivity contribution in [3.8, 4) is 17.1 Å². The predicted octanol–water partition coefficient (Wildman–Crippen LogP) is 5.05. The van der Waals surface area contributed by atoms with Crippen molar-refractivity contribution in [2.75, 3.05) is 11.4 Å². The number of aryl methyl sites for hydroxylation is 1. The van der Waals surface area contributed by atoms with Gasteiger partial charge in [0.05, 0.1) is 17.1 Å². The lowest BCUT2D eigenvalue weighted by atomic mass is 10.1. The Labute approximate surface area is 169 Å². The second-order valence-electron chi connectivity index (χ2n) is 7.54. The standard InChI is InChI=1S/C24H22N4O/c1-16-8-9-18-20(15-16)26-23(19-5-2-3-7-22(19)29)27-24(18)28-14-4-6-21(28)17-10-12-25-13-11-17/h2-3,5,7-13,15,21,29H,4,6,14H2,1H3. The molecule has 1 fully saturated rings. The number of para-hydroxylation sites is 1. The lowest BCUT2D eigenvalue weighted by Crippen LogP contribution is -2.24. The number of anilines is 1. The molecule has 0 aliphatic carbocycles. The summed E-state index contributed by atoms with van der Waals surface area (Å²) in [7, 11) is 0. The molecule has 1 unspecified atom stereocenters. The quantitative estimate of drug-likeness (QED) is 0.537. The maximum Gasteiger partial charge on any atom is 0.165 e. The number of nitrogens with zero attached hydrogens (tertiary/aromatic N) is 4. The molecular weight excluding hydrogens is 360 g/mol. The Morgan fingerprint density at radius 3 is 2.66 bits per heavy atom. The fraction of sp³-hybridized carbons (Fsp3) is 0.208. The minimum absolute atomic E-state index is 0.192. The lowest BCUT2D eigenvalue weighted by molar-refractivity contribution is 0.477. The second kappa shape index (κ2) is 7.17. The van der Waals surface area contributed by atoms with E-state index in [0.29, 0.717) is 11.4 Å². The zero-order valence-corrected chi connectivity index (χ0v) is 16.3. The molecule has 0 amide bonds. The van der Waals surface area contributed by atoms with Crippen LogP contribution in [0.5, 0.6) is 5.75 Å². The summed E-state index contributed by atoms with van der Waals surface area (Å²) in [6.45, 7) is 3.00. The number of aromatic hydroxyl groups is 1. The molecule has 2 aromatic heterocycles. The van der Waals surface area contributed by atoms with Crippen LogP contribution in [0.4, 0.5) is 5.82 Å². The number of benzene rings is 2. The zero-order chi connectivity index (χ0) is 19.8. The number of phenolic OH excluding ortho intramolecular Hbond substituents is 1. The van der Waals surface area contributed by atoms with Gasteiger partial charge in [0.15, 0.2) is 5.82 Å². The Morgan fingerprint density at radius 1 is 1.00 bits per heavy atom. The van der Waals surface area contributed by atoms with E-state index in [4.69, 9.17) is 9.97 Å². The first-order valence-corrected chi connectivity index (χ1v) is 9.94. The van der Waals surface area contributed by atoms with Crippen LogP contribution < -0.4 is 4.90 Å². The molecule has 2 aromatic carbocycles. The number of rotatable bonds is 3. The smallest absolute Gasteiger partial charge is 0.165 e. The van der Waals surface area contributed by atoms with Crippen LogP contribution in [0.15, 0.2) is 67.0 Å². The third-order valence-electron chi connectivity index (χ3n) is 5.59. The summed E-state index contributed by atoms with van der Waals surface area (Å²) in [4.78, 5) is 16.3. The summed E-state index contributed by atoms with van der Waals surface area (Å²) in [5.74, 6) is 1.67. The summed E-state index contributed by atoms with van der Waals surface area (Å²) in [5, 5.41) is 11.4. The minimum Gasteiger partial charge on any atom is -0.507 e. The molecule has 0 saturated carbocycles. The molecular formula is C24H22N4O. The van der Waals surface area contributed by atoms with Gasteiger partial charge in [-0.05, 0) is 67.3 Å². The van der Waals surface area contributed by atoms with Crippen molar-refractivity contribution in [2.45, 2.75) is 25.8 Å². The second-order valence-corrected chi connectivity index (χ2v) is 7.54. The van der Waals surface area contributed by atoms with Crippen LogP contribution in [0.1, 0.15) is 30.0 Å². The molecule has 3 heterocycles. The fourth-order valence-electron chi connectivity index (χ4n) is 4.18. The van der Waals surface area contributed by atoms with Gasteiger partial charge >= 0.3 is 0 Å². The highest BCUT2D eigenvalue weighted by atomic mass is 16.3. The molecule has 29 heavy (non-hydrogen) atoms. The highest BCUT2D eigenvalue weighted by Gasteiger charge is 2.29. The monoisotopic (exact) mass is 382 g/mol. The molecule has 5 nitrogen and oxygen atoms in total. The van der Waals surface area contributed by atoms with Gasteiger partial charge in [0.25, 0.3) is 0 Å². The van der Waals surface area contributed by atoms with E-state index in [1.807, 2.05) is 30.6 Å². The van der Waals surface area contributed by atoms with Gasteiger partial charge in [-0.15, -0.1) is 0 Å². The van der Waals surface area contributed by atoms with Crippen molar-refractivity contribution in [3.63, 3.8) is 0 Å². The van der Waals surface area contributed by atoms with Crippen molar-refractivity contribution in [1.82, 2.24) is 15.0 Å². The van der Waals surface area contributed by atoms with E-state index < -0.39 is 0 Å². The Balaban J connectivity index is 1.71. The summed E-state index contributed by atoms with van der Waals surface area (Å²) in [6.07, 6.45) is 5.88. The topological polar surface area (TPSA) is 62.1 Å².